The number of carbonyl (C=O) groups is 1. The van der Waals surface area contributed by atoms with E-state index in [9.17, 15) is 4.79 Å². The van der Waals surface area contributed by atoms with E-state index in [1.165, 1.54) is 6.33 Å². The van der Waals surface area contributed by atoms with Crippen LogP contribution < -0.4 is 4.90 Å². The number of carboxylic acid groups (broad SMARTS) is 1. The second kappa shape index (κ2) is 6.15. The molecule has 108 valence electrons. The third kappa shape index (κ3) is 3.43. The minimum atomic E-state index is -0.859. The van der Waals surface area contributed by atoms with E-state index in [2.05, 4.69) is 9.97 Å². The van der Waals surface area contributed by atoms with Crippen LogP contribution in [0.5, 0.6) is 0 Å². The fourth-order valence-corrected chi connectivity index (χ4v) is 2.80. The van der Waals surface area contributed by atoms with Crippen molar-refractivity contribution in [3.05, 3.63) is 17.3 Å². The molecule has 0 saturated heterocycles. The van der Waals surface area contributed by atoms with E-state index in [1.54, 1.807) is 16.2 Å². The maximum atomic E-state index is 11.1. The Balaban J connectivity index is 2.36. The lowest BCUT2D eigenvalue weighted by Crippen LogP contribution is -2.36. The standard InChI is InChI=1S/C13H18N4O2S/c1-9-6-10-12(14-8-15-13(10)20-9)17(7-11(18)19)5-4-16(2)3/h6,8H,4-5,7H2,1-3H3,(H,18,19). The Bertz CT molecular complexity index is 611. The minimum absolute atomic E-state index is 0.0607. The highest BCUT2D eigenvalue weighted by Crippen LogP contribution is 2.29. The lowest BCUT2D eigenvalue weighted by Gasteiger charge is -2.23. The van der Waals surface area contributed by atoms with Crippen LogP contribution in [0, 0.1) is 6.92 Å². The van der Waals surface area contributed by atoms with Crippen LogP contribution in [0.2, 0.25) is 0 Å². The topological polar surface area (TPSA) is 69.6 Å². The number of hydrogen-bond acceptors (Lipinski definition) is 6. The molecule has 20 heavy (non-hydrogen) atoms. The summed E-state index contributed by atoms with van der Waals surface area (Å²) < 4.78 is 0. The number of thiophene rings is 1. The first-order valence-electron chi connectivity index (χ1n) is 6.30. The first-order chi connectivity index (χ1) is 9.47. The van der Waals surface area contributed by atoms with Gasteiger partial charge in [-0.15, -0.1) is 11.3 Å². The predicted molar refractivity (Wildman–Crippen MR) is 80.6 cm³/mol. The molecule has 0 aromatic carbocycles. The zero-order valence-electron chi connectivity index (χ0n) is 11.8. The van der Waals surface area contributed by atoms with Gasteiger partial charge >= 0.3 is 5.97 Å². The molecule has 0 unspecified atom stereocenters. The summed E-state index contributed by atoms with van der Waals surface area (Å²) in [7, 11) is 3.92. The number of carboxylic acids is 1. The monoisotopic (exact) mass is 294 g/mol. The van der Waals surface area contributed by atoms with Gasteiger partial charge in [0.25, 0.3) is 0 Å². The fraction of sp³-hybridized carbons (Fsp3) is 0.462. The summed E-state index contributed by atoms with van der Waals surface area (Å²) in [5.74, 6) is -0.161. The van der Waals surface area contributed by atoms with Gasteiger partial charge in [-0.2, -0.15) is 0 Å². The molecule has 0 radical (unpaired) electrons. The third-order valence-corrected chi connectivity index (χ3v) is 3.83. The van der Waals surface area contributed by atoms with Gasteiger partial charge in [0, 0.05) is 18.0 Å². The highest BCUT2D eigenvalue weighted by molar-refractivity contribution is 7.18. The van der Waals surface area contributed by atoms with Crippen molar-refractivity contribution in [2.45, 2.75) is 6.92 Å². The van der Waals surface area contributed by atoms with Gasteiger partial charge in [-0.05, 0) is 27.1 Å². The molecule has 0 bridgehead atoms. The van der Waals surface area contributed by atoms with Crippen LogP contribution in [-0.2, 0) is 4.79 Å². The highest BCUT2D eigenvalue weighted by Gasteiger charge is 2.16. The molecule has 0 amide bonds. The van der Waals surface area contributed by atoms with Crippen molar-refractivity contribution in [2.24, 2.45) is 0 Å². The SMILES string of the molecule is Cc1cc2c(N(CCN(C)C)CC(=O)O)ncnc2s1. The fourth-order valence-electron chi connectivity index (χ4n) is 1.96. The molecule has 0 aliphatic heterocycles. The average molecular weight is 294 g/mol. The third-order valence-electron chi connectivity index (χ3n) is 2.87. The molecule has 6 nitrogen and oxygen atoms in total. The molecule has 0 spiro atoms. The normalized spacial score (nSPS) is 11.2. The molecular weight excluding hydrogens is 276 g/mol. The first kappa shape index (κ1) is 14.7. The summed E-state index contributed by atoms with van der Waals surface area (Å²) >= 11 is 1.59. The number of fused-ring (bicyclic) bond motifs is 1. The summed E-state index contributed by atoms with van der Waals surface area (Å²) in [6, 6.07) is 2.01. The number of rotatable bonds is 6. The van der Waals surface area contributed by atoms with Gasteiger partial charge in [-0.25, -0.2) is 9.97 Å². The van der Waals surface area contributed by atoms with Crippen molar-refractivity contribution >= 4 is 33.3 Å². The van der Waals surface area contributed by atoms with Crippen LogP contribution in [0.25, 0.3) is 10.2 Å². The van der Waals surface area contributed by atoms with Crippen molar-refractivity contribution in [3.8, 4) is 0 Å². The Hall–Kier alpha value is -1.73. The lowest BCUT2D eigenvalue weighted by molar-refractivity contribution is -0.135. The molecule has 2 aromatic rings. The predicted octanol–water partition coefficient (Wildman–Crippen LogP) is 1.45. The molecule has 0 aliphatic rings. The number of aromatic nitrogens is 2. The zero-order chi connectivity index (χ0) is 14.7. The zero-order valence-corrected chi connectivity index (χ0v) is 12.6. The van der Waals surface area contributed by atoms with Crippen molar-refractivity contribution in [2.75, 3.05) is 38.6 Å². The maximum absolute atomic E-state index is 11.1. The van der Waals surface area contributed by atoms with Gasteiger partial charge in [-0.3, -0.25) is 4.79 Å². The van der Waals surface area contributed by atoms with Gasteiger partial charge in [0.2, 0.25) is 0 Å². The van der Waals surface area contributed by atoms with Crippen LogP contribution in [0.1, 0.15) is 4.88 Å². The minimum Gasteiger partial charge on any atom is -0.480 e. The number of nitrogens with zero attached hydrogens (tertiary/aromatic N) is 4. The van der Waals surface area contributed by atoms with Crippen molar-refractivity contribution in [1.29, 1.82) is 0 Å². The summed E-state index contributed by atoms with van der Waals surface area (Å²) in [6.07, 6.45) is 1.50. The van der Waals surface area contributed by atoms with E-state index in [4.69, 9.17) is 5.11 Å². The van der Waals surface area contributed by atoms with Gasteiger partial charge in [0.15, 0.2) is 0 Å². The number of hydrogen-bond donors (Lipinski definition) is 1. The highest BCUT2D eigenvalue weighted by atomic mass is 32.1. The van der Waals surface area contributed by atoms with E-state index in [0.717, 1.165) is 21.6 Å². The molecule has 2 rings (SSSR count). The Morgan fingerprint density at radius 2 is 2.10 bits per heavy atom. The Morgan fingerprint density at radius 3 is 2.75 bits per heavy atom. The Morgan fingerprint density at radius 1 is 1.35 bits per heavy atom. The molecule has 2 aromatic heterocycles. The summed E-state index contributed by atoms with van der Waals surface area (Å²) in [5, 5.41) is 10.0. The number of aryl methyl sites for hydroxylation is 1. The first-order valence-corrected chi connectivity index (χ1v) is 7.11. The molecule has 0 aliphatic carbocycles. The van der Waals surface area contributed by atoms with E-state index >= 15 is 0 Å². The molecule has 0 fully saturated rings. The lowest BCUT2D eigenvalue weighted by atomic mass is 10.3. The van der Waals surface area contributed by atoms with Crippen molar-refractivity contribution < 1.29 is 9.90 Å². The smallest absolute Gasteiger partial charge is 0.323 e. The van der Waals surface area contributed by atoms with E-state index in [1.807, 2.05) is 32.0 Å². The van der Waals surface area contributed by atoms with Crippen LogP contribution in [0.3, 0.4) is 0 Å². The van der Waals surface area contributed by atoms with Crippen LogP contribution >= 0.6 is 11.3 Å². The second-order valence-electron chi connectivity index (χ2n) is 4.89. The van der Waals surface area contributed by atoms with E-state index in [0.29, 0.717) is 12.4 Å². The van der Waals surface area contributed by atoms with Crippen molar-refractivity contribution in [3.63, 3.8) is 0 Å². The molecule has 0 saturated carbocycles. The summed E-state index contributed by atoms with van der Waals surface area (Å²) in [4.78, 5) is 25.5. The van der Waals surface area contributed by atoms with Gasteiger partial charge in [0.1, 0.15) is 23.5 Å². The quantitative estimate of drug-likeness (QED) is 0.869. The molecule has 7 heteroatoms. The van der Waals surface area contributed by atoms with Gasteiger partial charge in [-0.1, -0.05) is 0 Å². The van der Waals surface area contributed by atoms with Crippen molar-refractivity contribution in [1.82, 2.24) is 14.9 Å². The maximum Gasteiger partial charge on any atom is 0.323 e. The van der Waals surface area contributed by atoms with E-state index in [-0.39, 0.29) is 6.54 Å². The molecule has 2 heterocycles. The van der Waals surface area contributed by atoms with Crippen LogP contribution in [-0.4, -0.2) is 59.7 Å². The molecular formula is C13H18N4O2S. The summed E-state index contributed by atoms with van der Waals surface area (Å²) in [5.41, 5.74) is 0. The van der Waals surface area contributed by atoms with Gasteiger partial charge < -0.3 is 14.9 Å². The average Bonchev–Trinajstić information content (AvgIpc) is 2.73. The number of anilines is 1. The Kier molecular flexibility index (Phi) is 4.51. The second-order valence-corrected chi connectivity index (χ2v) is 6.13. The van der Waals surface area contributed by atoms with Gasteiger partial charge in [0.05, 0.1) is 5.39 Å². The summed E-state index contributed by atoms with van der Waals surface area (Å²) in [6.45, 7) is 3.33. The molecule has 0 atom stereocenters. The number of likely N-dealkylation sites (N-methyl/N-ethyl adjacent to an activating group) is 1. The Labute approximate surface area is 121 Å². The van der Waals surface area contributed by atoms with E-state index < -0.39 is 5.97 Å². The van der Waals surface area contributed by atoms with Crippen LogP contribution in [0.15, 0.2) is 12.4 Å². The largest absolute Gasteiger partial charge is 0.480 e. The molecule has 1 N–H and O–H groups in total. The number of aliphatic carboxylic acids is 1. The van der Waals surface area contributed by atoms with Crippen LogP contribution in [0.4, 0.5) is 5.82 Å².